The molecule has 0 spiro atoms. The highest BCUT2D eigenvalue weighted by atomic mass is 14.7. The van der Waals surface area contributed by atoms with Gasteiger partial charge in [-0.3, -0.25) is 0 Å². The average molecular weight is 174 g/mol. The van der Waals surface area contributed by atoms with Crippen molar-refractivity contribution < 1.29 is 0 Å². The Balaban J connectivity index is 2.77. The lowest BCUT2D eigenvalue weighted by Gasteiger charge is -2.00. The fourth-order valence-corrected chi connectivity index (χ4v) is 1.61. The highest BCUT2D eigenvalue weighted by molar-refractivity contribution is 5.84. The summed E-state index contributed by atoms with van der Waals surface area (Å²) in [5.74, 6) is 0. The van der Waals surface area contributed by atoms with Crippen molar-refractivity contribution in [3.05, 3.63) is 35.0 Å². The maximum atomic E-state index is 5.63. The van der Waals surface area contributed by atoms with Crippen molar-refractivity contribution in [3.8, 4) is 0 Å². The van der Waals surface area contributed by atoms with E-state index in [2.05, 4.69) is 31.0 Å². The van der Waals surface area contributed by atoms with Crippen molar-refractivity contribution >= 4 is 10.9 Å². The van der Waals surface area contributed by atoms with Crippen LogP contribution in [0.25, 0.3) is 10.9 Å². The summed E-state index contributed by atoms with van der Waals surface area (Å²) in [5, 5.41) is 1.26. The second kappa shape index (κ2) is 2.89. The van der Waals surface area contributed by atoms with Gasteiger partial charge in [0.2, 0.25) is 0 Å². The Bertz CT molecular complexity index is 441. The van der Waals surface area contributed by atoms with Crippen molar-refractivity contribution in [1.29, 1.82) is 0 Å². The maximum Gasteiger partial charge on any atom is 0.0460 e. The number of benzene rings is 1. The zero-order valence-corrected chi connectivity index (χ0v) is 8.02. The van der Waals surface area contributed by atoms with Gasteiger partial charge in [-0.1, -0.05) is 0 Å². The standard InChI is InChI=1S/C11H14N2/c1-7-3-10-9(5-12)6-13-11(10)4-8(7)2/h3-4,6,13H,5,12H2,1-2H3. The summed E-state index contributed by atoms with van der Waals surface area (Å²) in [6, 6.07) is 4.37. The Hall–Kier alpha value is -1.28. The molecule has 2 rings (SSSR count). The van der Waals surface area contributed by atoms with Crippen LogP contribution >= 0.6 is 0 Å². The Morgan fingerprint density at radius 3 is 2.62 bits per heavy atom. The SMILES string of the molecule is Cc1cc2[nH]cc(CN)c2cc1C. The van der Waals surface area contributed by atoms with Crippen molar-refractivity contribution in [2.24, 2.45) is 5.73 Å². The van der Waals surface area contributed by atoms with Gasteiger partial charge >= 0.3 is 0 Å². The van der Waals surface area contributed by atoms with E-state index in [-0.39, 0.29) is 0 Å². The van der Waals surface area contributed by atoms with Gasteiger partial charge in [-0.25, -0.2) is 0 Å². The van der Waals surface area contributed by atoms with Crippen molar-refractivity contribution in [2.75, 3.05) is 0 Å². The van der Waals surface area contributed by atoms with E-state index in [0.29, 0.717) is 6.54 Å². The number of nitrogens with one attached hydrogen (secondary N) is 1. The molecule has 13 heavy (non-hydrogen) atoms. The van der Waals surface area contributed by atoms with Crippen molar-refractivity contribution in [1.82, 2.24) is 4.98 Å². The first-order valence-corrected chi connectivity index (χ1v) is 4.49. The summed E-state index contributed by atoms with van der Waals surface area (Å²) in [6.07, 6.45) is 1.99. The van der Waals surface area contributed by atoms with Crippen LogP contribution < -0.4 is 5.73 Å². The van der Waals surface area contributed by atoms with Crippen LogP contribution in [0.4, 0.5) is 0 Å². The molecule has 1 aromatic heterocycles. The van der Waals surface area contributed by atoms with Gasteiger partial charge in [-0.15, -0.1) is 0 Å². The molecule has 0 aliphatic carbocycles. The minimum atomic E-state index is 0.600. The number of fused-ring (bicyclic) bond motifs is 1. The molecule has 0 atom stereocenters. The predicted molar refractivity (Wildman–Crippen MR) is 55.7 cm³/mol. The number of H-pyrrole nitrogens is 1. The lowest BCUT2D eigenvalue weighted by molar-refractivity contribution is 1.08. The molecule has 0 amide bonds. The molecule has 0 fully saturated rings. The van der Waals surface area contributed by atoms with Crippen LogP contribution in [-0.4, -0.2) is 4.98 Å². The van der Waals surface area contributed by atoms with Crippen LogP contribution in [-0.2, 0) is 6.54 Å². The topological polar surface area (TPSA) is 41.8 Å². The third kappa shape index (κ3) is 1.23. The first-order valence-electron chi connectivity index (χ1n) is 4.49. The molecule has 3 N–H and O–H groups in total. The summed E-state index contributed by atoms with van der Waals surface area (Å²) in [6.45, 7) is 4.85. The number of aromatic amines is 1. The Morgan fingerprint density at radius 1 is 1.23 bits per heavy atom. The Morgan fingerprint density at radius 2 is 1.92 bits per heavy atom. The molecule has 0 saturated heterocycles. The second-order valence-corrected chi connectivity index (χ2v) is 3.50. The smallest absolute Gasteiger partial charge is 0.0460 e. The van der Waals surface area contributed by atoms with Crippen LogP contribution in [0.3, 0.4) is 0 Å². The fourth-order valence-electron chi connectivity index (χ4n) is 1.61. The molecule has 0 radical (unpaired) electrons. The molecule has 2 heteroatoms. The fraction of sp³-hybridized carbons (Fsp3) is 0.273. The van der Waals surface area contributed by atoms with E-state index in [1.165, 1.54) is 27.6 Å². The monoisotopic (exact) mass is 174 g/mol. The number of aromatic nitrogens is 1. The van der Waals surface area contributed by atoms with Crippen molar-refractivity contribution in [2.45, 2.75) is 20.4 Å². The largest absolute Gasteiger partial charge is 0.361 e. The van der Waals surface area contributed by atoms with E-state index in [9.17, 15) is 0 Å². The van der Waals surface area contributed by atoms with E-state index in [0.717, 1.165) is 0 Å². The first-order chi connectivity index (χ1) is 6.22. The van der Waals surface area contributed by atoms with E-state index >= 15 is 0 Å². The van der Waals surface area contributed by atoms with Crippen LogP contribution in [0.5, 0.6) is 0 Å². The predicted octanol–water partition coefficient (Wildman–Crippen LogP) is 2.24. The summed E-state index contributed by atoms with van der Waals surface area (Å²) < 4.78 is 0. The van der Waals surface area contributed by atoms with E-state index in [4.69, 9.17) is 5.73 Å². The molecule has 0 aliphatic heterocycles. The number of hydrogen-bond donors (Lipinski definition) is 2. The molecule has 0 saturated carbocycles. The van der Waals surface area contributed by atoms with E-state index < -0.39 is 0 Å². The molecule has 68 valence electrons. The van der Waals surface area contributed by atoms with E-state index in [1.807, 2.05) is 6.20 Å². The second-order valence-electron chi connectivity index (χ2n) is 3.50. The lowest BCUT2D eigenvalue weighted by atomic mass is 10.1. The maximum absolute atomic E-state index is 5.63. The zero-order valence-electron chi connectivity index (χ0n) is 8.02. The van der Waals surface area contributed by atoms with Crippen molar-refractivity contribution in [3.63, 3.8) is 0 Å². The highest BCUT2D eigenvalue weighted by Crippen LogP contribution is 2.21. The Kier molecular flexibility index (Phi) is 1.85. The summed E-state index contributed by atoms with van der Waals surface area (Å²) in [5.41, 5.74) is 10.6. The summed E-state index contributed by atoms with van der Waals surface area (Å²) in [4.78, 5) is 3.23. The van der Waals surface area contributed by atoms with Crippen LogP contribution in [0.15, 0.2) is 18.3 Å². The van der Waals surface area contributed by atoms with Gasteiger partial charge in [0.1, 0.15) is 0 Å². The lowest BCUT2D eigenvalue weighted by Crippen LogP contribution is -1.94. The van der Waals surface area contributed by atoms with Gasteiger partial charge < -0.3 is 10.7 Å². The quantitative estimate of drug-likeness (QED) is 0.684. The minimum absolute atomic E-state index is 0.600. The highest BCUT2D eigenvalue weighted by Gasteiger charge is 2.03. The van der Waals surface area contributed by atoms with Crippen LogP contribution in [0, 0.1) is 13.8 Å². The molecule has 0 unspecified atom stereocenters. The zero-order chi connectivity index (χ0) is 9.42. The third-order valence-corrected chi connectivity index (χ3v) is 2.60. The number of nitrogens with two attached hydrogens (primary N) is 1. The molecule has 2 nitrogen and oxygen atoms in total. The summed E-state index contributed by atoms with van der Waals surface area (Å²) >= 11 is 0. The molecular formula is C11H14N2. The Labute approximate surface area is 77.8 Å². The molecular weight excluding hydrogens is 160 g/mol. The number of aryl methyl sites for hydroxylation is 2. The van der Waals surface area contributed by atoms with Gasteiger partial charge in [-0.2, -0.15) is 0 Å². The minimum Gasteiger partial charge on any atom is -0.361 e. The molecule has 0 aliphatic rings. The average Bonchev–Trinajstić information content (AvgIpc) is 2.48. The third-order valence-electron chi connectivity index (χ3n) is 2.60. The van der Waals surface area contributed by atoms with Gasteiger partial charge in [0, 0.05) is 23.6 Å². The molecule has 1 heterocycles. The molecule has 1 aromatic carbocycles. The number of hydrogen-bond acceptors (Lipinski definition) is 1. The van der Waals surface area contributed by atoms with Crippen LogP contribution in [0.1, 0.15) is 16.7 Å². The summed E-state index contributed by atoms with van der Waals surface area (Å²) in [7, 11) is 0. The van der Waals surface area contributed by atoms with Gasteiger partial charge in [0.15, 0.2) is 0 Å². The van der Waals surface area contributed by atoms with Gasteiger partial charge in [-0.05, 0) is 42.7 Å². The van der Waals surface area contributed by atoms with E-state index in [1.54, 1.807) is 0 Å². The van der Waals surface area contributed by atoms with Gasteiger partial charge in [0.05, 0.1) is 0 Å². The first kappa shape index (κ1) is 8.32. The number of rotatable bonds is 1. The van der Waals surface area contributed by atoms with Gasteiger partial charge in [0.25, 0.3) is 0 Å². The molecule has 2 aromatic rings. The molecule has 0 bridgehead atoms. The normalized spacial score (nSPS) is 11.0. The van der Waals surface area contributed by atoms with Crippen LogP contribution in [0.2, 0.25) is 0 Å².